The van der Waals surface area contributed by atoms with Crippen molar-refractivity contribution in [1.82, 2.24) is 4.90 Å². The lowest BCUT2D eigenvalue weighted by atomic mass is 9.86. The van der Waals surface area contributed by atoms with Crippen LogP contribution in [0.5, 0.6) is 0 Å². The predicted octanol–water partition coefficient (Wildman–Crippen LogP) is 6.10. The highest BCUT2D eigenvalue weighted by Gasteiger charge is 2.25. The highest BCUT2D eigenvalue weighted by atomic mass is 15.2. The molecule has 1 atom stereocenters. The average Bonchev–Trinajstić information content (AvgIpc) is 2.59. The van der Waals surface area contributed by atoms with Crippen LogP contribution in [0.2, 0.25) is 0 Å². The third-order valence-electron chi connectivity index (χ3n) is 4.26. The molecule has 1 rings (SSSR count). The highest BCUT2D eigenvalue weighted by Crippen LogP contribution is 2.28. The summed E-state index contributed by atoms with van der Waals surface area (Å²) in [5.74, 6) is 0.907. The highest BCUT2D eigenvalue weighted by molar-refractivity contribution is 5.54. The first kappa shape index (κ1) is 23.4. The molecule has 0 N–H and O–H groups in total. The van der Waals surface area contributed by atoms with E-state index in [1.54, 1.807) is 0 Å². The van der Waals surface area contributed by atoms with Crippen molar-refractivity contribution >= 4 is 6.21 Å². The van der Waals surface area contributed by atoms with E-state index < -0.39 is 0 Å². The SMILES string of the molecule is C=C/C(=C\N=CC)C(C)N(C)C1CCC(C)CC1.CC.CC. The van der Waals surface area contributed by atoms with Crippen molar-refractivity contribution in [2.45, 2.75) is 86.2 Å². The zero-order chi connectivity index (χ0) is 17.5. The van der Waals surface area contributed by atoms with Crippen LogP contribution in [0.15, 0.2) is 29.4 Å². The zero-order valence-electron chi connectivity index (χ0n) is 16.4. The summed E-state index contributed by atoms with van der Waals surface area (Å²) < 4.78 is 0. The van der Waals surface area contributed by atoms with Gasteiger partial charge in [0.05, 0.1) is 0 Å². The second kappa shape index (κ2) is 15.0. The molecule has 2 heteroatoms. The maximum Gasteiger partial charge on any atom is 0.0334 e. The number of rotatable bonds is 5. The minimum atomic E-state index is 0.393. The lowest BCUT2D eigenvalue weighted by Crippen LogP contribution is -2.41. The van der Waals surface area contributed by atoms with Crippen molar-refractivity contribution < 1.29 is 0 Å². The van der Waals surface area contributed by atoms with E-state index in [9.17, 15) is 0 Å². The lowest BCUT2D eigenvalue weighted by molar-refractivity contribution is 0.147. The molecule has 130 valence electrons. The van der Waals surface area contributed by atoms with Crippen molar-refractivity contribution in [2.24, 2.45) is 10.9 Å². The first-order valence-electron chi connectivity index (χ1n) is 9.12. The normalized spacial score (nSPS) is 23.2. The second-order valence-corrected chi connectivity index (χ2v) is 5.50. The molecule has 1 aliphatic carbocycles. The van der Waals surface area contributed by atoms with Crippen LogP contribution in [0.3, 0.4) is 0 Å². The smallest absolute Gasteiger partial charge is 0.0334 e. The largest absolute Gasteiger partial charge is 0.297 e. The van der Waals surface area contributed by atoms with Crippen molar-refractivity contribution in [3.8, 4) is 0 Å². The fraction of sp³-hybridized carbons (Fsp3) is 0.750. The Balaban J connectivity index is 0. The molecule has 0 heterocycles. The molecular weight excluding hydrogens is 268 g/mol. The van der Waals surface area contributed by atoms with E-state index >= 15 is 0 Å². The van der Waals surface area contributed by atoms with Gasteiger partial charge in [0.25, 0.3) is 0 Å². The molecule has 0 aromatic heterocycles. The molecular formula is C20H40N2. The first-order valence-corrected chi connectivity index (χ1v) is 9.12. The molecule has 1 fully saturated rings. The molecule has 1 aliphatic rings. The molecule has 1 unspecified atom stereocenters. The summed E-state index contributed by atoms with van der Waals surface area (Å²) >= 11 is 0. The predicted molar refractivity (Wildman–Crippen MR) is 104 cm³/mol. The third kappa shape index (κ3) is 8.53. The van der Waals surface area contributed by atoms with Crippen LogP contribution in [0, 0.1) is 5.92 Å². The molecule has 0 aromatic carbocycles. The Morgan fingerprint density at radius 3 is 2.05 bits per heavy atom. The Kier molecular flexibility index (Phi) is 16.0. The van der Waals surface area contributed by atoms with Crippen molar-refractivity contribution in [3.63, 3.8) is 0 Å². The van der Waals surface area contributed by atoms with Gasteiger partial charge in [-0.15, -0.1) is 0 Å². The fourth-order valence-corrected chi connectivity index (χ4v) is 2.69. The molecule has 0 spiro atoms. The minimum Gasteiger partial charge on any atom is -0.297 e. The molecule has 0 amide bonds. The molecule has 22 heavy (non-hydrogen) atoms. The Morgan fingerprint density at radius 2 is 1.64 bits per heavy atom. The van der Waals surface area contributed by atoms with Gasteiger partial charge in [0.2, 0.25) is 0 Å². The minimum absolute atomic E-state index is 0.393. The molecule has 1 saturated carbocycles. The summed E-state index contributed by atoms with van der Waals surface area (Å²) in [5.41, 5.74) is 1.20. The van der Waals surface area contributed by atoms with Gasteiger partial charge in [-0.2, -0.15) is 0 Å². The topological polar surface area (TPSA) is 15.6 Å². The third-order valence-corrected chi connectivity index (χ3v) is 4.26. The van der Waals surface area contributed by atoms with E-state index in [0.717, 1.165) is 5.92 Å². The van der Waals surface area contributed by atoms with Gasteiger partial charge >= 0.3 is 0 Å². The summed E-state index contributed by atoms with van der Waals surface area (Å²) in [7, 11) is 2.23. The maximum absolute atomic E-state index is 4.22. The molecule has 0 bridgehead atoms. The summed E-state index contributed by atoms with van der Waals surface area (Å²) in [5, 5.41) is 0. The van der Waals surface area contributed by atoms with Crippen LogP contribution >= 0.6 is 0 Å². The number of aliphatic imine (C=N–C) groups is 1. The number of likely N-dealkylation sites (N-methyl/N-ethyl adjacent to an activating group) is 1. The average molecular weight is 309 g/mol. The monoisotopic (exact) mass is 308 g/mol. The molecule has 0 aliphatic heterocycles. The maximum atomic E-state index is 4.22. The quantitative estimate of drug-likeness (QED) is 0.442. The Morgan fingerprint density at radius 1 is 1.14 bits per heavy atom. The van der Waals surface area contributed by atoms with E-state index in [1.807, 2.05) is 53.1 Å². The van der Waals surface area contributed by atoms with Gasteiger partial charge in [-0.1, -0.05) is 47.3 Å². The van der Waals surface area contributed by atoms with E-state index in [0.29, 0.717) is 12.1 Å². The second-order valence-electron chi connectivity index (χ2n) is 5.50. The van der Waals surface area contributed by atoms with Crippen LogP contribution in [-0.2, 0) is 0 Å². The van der Waals surface area contributed by atoms with E-state index in [-0.39, 0.29) is 0 Å². The van der Waals surface area contributed by atoms with E-state index in [2.05, 4.69) is 37.4 Å². The standard InChI is InChI=1S/C16H28N2.2C2H6/c1-6-15(12-17-7-2)14(4)18(5)16-10-8-13(3)9-11-16;2*1-2/h6-7,12-14,16H,1,8-11H2,2-5H3;2*1-2H3/b15-12+,17-7?;;. The van der Waals surface area contributed by atoms with Crippen LogP contribution < -0.4 is 0 Å². The fourth-order valence-electron chi connectivity index (χ4n) is 2.69. The van der Waals surface area contributed by atoms with Crippen molar-refractivity contribution in [1.29, 1.82) is 0 Å². The van der Waals surface area contributed by atoms with E-state index in [4.69, 9.17) is 0 Å². The summed E-state index contributed by atoms with van der Waals surface area (Å²) in [6, 6.07) is 1.11. The van der Waals surface area contributed by atoms with E-state index in [1.165, 1.54) is 31.3 Å². The van der Waals surface area contributed by atoms with Gasteiger partial charge in [-0.3, -0.25) is 9.89 Å². The number of nitrogens with zero attached hydrogens (tertiary/aromatic N) is 2. The van der Waals surface area contributed by atoms with Gasteiger partial charge in [-0.25, -0.2) is 0 Å². The summed E-state index contributed by atoms with van der Waals surface area (Å²) in [6.45, 7) is 18.5. The van der Waals surface area contributed by atoms with Gasteiger partial charge in [0.1, 0.15) is 0 Å². The molecule has 0 saturated heterocycles. The van der Waals surface area contributed by atoms with Gasteiger partial charge in [0.15, 0.2) is 0 Å². The summed E-state index contributed by atoms with van der Waals surface area (Å²) in [6.07, 6.45) is 11.1. The van der Waals surface area contributed by atoms with Gasteiger partial charge < -0.3 is 0 Å². The van der Waals surface area contributed by atoms with Crippen LogP contribution in [0.4, 0.5) is 0 Å². The molecule has 0 aromatic rings. The number of hydrogen-bond acceptors (Lipinski definition) is 2. The van der Waals surface area contributed by atoms with Crippen molar-refractivity contribution in [2.75, 3.05) is 7.05 Å². The Bertz CT molecular complexity index is 310. The molecule has 0 radical (unpaired) electrons. The summed E-state index contributed by atoms with van der Waals surface area (Å²) in [4.78, 5) is 6.71. The van der Waals surface area contributed by atoms with Crippen LogP contribution in [0.1, 0.15) is 74.1 Å². The van der Waals surface area contributed by atoms with Gasteiger partial charge in [-0.05, 0) is 58.1 Å². The lowest BCUT2D eigenvalue weighted by Gasteiger charge is -2.37. The Hall–Kier alpha value is -0.890. The van der Waals surface area contributed by atoms with Crippen molar-refractivity contribution in [3.05, 3.63) is 24.4 Å². The molecule has 2 nitrogen and oxygen atoms in total. The van der Waals surface area contributed by atoms with Gasteiger partial charge in [0, 0.05) is 24.5 Å². The zero-order valence-corrected chi connectivity index (χ0v) is 16.4. The first-order chi connectivity index (χ1) is 10.6. The van der Waals surface area contributed by atoms with Crippen LogP contribution in [-0.4, -0.2) is 30.2 Å². The Labute approximate surface area is 140 Å². The van der Waals surface area contributed by atoms with Crippen LogP contribution in [0.25, 0.3) is 0 Å². The number of hydrogen-bond donors (Lipinski definition) is 0.